The van der Waals surface area contributed by atoms with E-state index in [1.54, 1.807) is 25.7 Å². The number of fused-ring (bicyclic) bond motifs is 1. The molecule has 2 heterocycles. The Balaban J connectivity index is 1.62. The average molecular weight is 390 g/mol. The summed E-state index contributed by atoms with van der Waals surface area (Å²) in [5.74, 6) is -1.27. The van der Waals surface area contributed by atoms with Gasteiger partial charge in [0, 0.05) is 12.5 Å². The molecule has 1 N–H and O–H groups in total. The number of alkyl halides is 3. The quantitative estimate of drug-likeness (QED) is 0.698. The molecule has 3 bridgehead atoms. The Hall–Kier alpha value is -1.51. The van der Waals surface area contributed by atoms with E-state index < -0.39 is 53.4 Å². The summed E-state index contributed by atoms with van der Waals surface area (Å²) in [6, 6.07) is -0.678. The minimum Gasteiger partial charge on any atom is -0.444 e. The molecule has 0 radical (unpaired) electrons. The van der Waals surface area contributed by atoms with Crippen molar-refractivity contribution in [2.45, 2.75) is 82.0 Å². The lowest BCUT2D eigenvalue weighted by atomic mass is 9.71. The van der Waals surface area contributed by atoms with Gasteiger partial charge in [-0.2, -0.15) is 13.2 Å². The van der Waals surface area contributed by atoms with Gasteiger partial charge >= 0.3 is 12.3 Å². The predicted molar refractivity (Wildman–Crippen MR) is 87.6 cm³/mol. The molecular formula is C18H25F3N2O4. The number of hydrogen-bond donors (Lipinski definition) is 1. The summed E-state index contributed by atoms with van der Waals surface area (Å²) in [5.41, 5.74) is -2.22. The van der Waals surface area contributed by atoms with Crippen LogP contribution >= 0.6 is 0 Å². The van der Waals surface area contributed by atoms with E-state index in [-0.39, 0.29) is 18.4 Å². The Morgan fingerprint density at radius 1 is 1.26 bits per heavy atom. The second kappa shape index (κ2) is 5.10. The fraction of sp³-hybridized carbons (Fsp3) is 0.889. The molecule has 6 atom stereocenters. The SMILES string of the molecule is CC(C)(C)OC(=O)N1C23CC4C[C@H](C([C@H]2O)N(C(=O)CC(F)(F)F)C4)[C@@]13C. The molecule has 2 amide bonds. The van der Waals surface area contributed by atoms with Gasteiger partial charge in [-0.25, -0.2) is 4.79 Å². The van der Waals surface area contributed by atoms with Crippen LogP contribution in [0.1, 0.15) is 47.0 Å². The maximum atomic E-state index is 12.7. The number of amides is 2. The van der Waals surface area contributed by atoms with Crippen LogP contribution in [-0.2, 0) is 9.53 Å². The number of nitrogens with zero attached hydrogens (tertiary/aromatic N) is 2. The normalized spacial score (nSPS) is 42.2. The minimum atomic E-state index is -4.58. The van der Waals surface area contributed by atoms with Gasteiger partial charge in [0.2, 0.25) is 5.91 Å². The lowest BCUT2D eigenvalue weighted by Crippen LogP contribution is -2.57. The standard InChI is InChI=1S/C18H25F3N2O4/c1-15(2,3)27-14(26)23-16(4)10-5-9-6-17(16,23)13(25)12(10)22(8-9)11(24)7-18(19,20)21/h9-10,12-13,25H,5-8H2,1-4H3/t9?,10-,12?,13-,16-,17?,23?/m1/s1. The van der Waals surface area contributed by atoms with Crippen molar-refractivity contribution in [2.24, 2.45) is 11.8 Å². The number of carbonyl (C=O) groups excluding carboxylic acids is 2. The molecule has 27 heavy (non-hydrogen) atoms. The van der Waals surface area contributed by atoms with Gasteiger partial charge < -0.3 is 14.7 Å². The minimum absolute atomic E-state index is 0.0268. The second-order valence-corrected chi connectivity index (χ2v) is 9.57. The Bertz CT molecular complexity index is 706. The topological polar surface area (TPSA) is 69.9 Å². The summed E-state index contributed by atoms with van der Waals surface area (Å²) < 4.78 is 43.6. The van der Waals surface area contributed by atoms with Crippen LogP contribution < -0.4 is 0 Å². The van der Waals surface area contributed by atoms with Gasteiger partial charge in [-0.1, -0.05) is 0 Å². The summed E-state index contributed by atoms with van der Waals surface area (Å²) in [7, 11) is 0. The van der Waals surface area contributed by atoms with Crippen LogP contribution in [-0.4, -0.2) is 68.5 Å². The van der Waals surface area contributed by atoms with Gasteiger partial charge in [0.1, 0.15) is 18.1 Å². The molecule has 2 aliphatic heterocycles. The maximum Gasteiger partial charge on any atom is 0.411 e. The molecule has 2 saturated heterocycles. The Morgan fingerprint density at radius 2 is 1.89 bits per heavy atom. The van der Waals surface area contributed by atoms with Crippen LogP contribution in [0.2, 0.25) is 0 Å². The van der Waals surface area contributed by atoms with Gasteiger partial charge in [-0.15, -0.1) is 0 Å². The van der Waals surface area contributed by atoms with E-state index in [1.807, 2.05) is 6.92 Å². The number of carbonyl (C=O) groups is 2. The first-order valence-corrected chi connectivity index (χ1v) is 9.30. The molecule has 4 fully saturated rings. The van der Waals surface area contributed by atoms with Crippen molar-refractivity contribution >= 4 is 12.0 Å². The molecule has 2 aliphatic carbocycles. The largest absolute Gasteiger partial charge is 0.444 e. The number of hydrogen-bond acceptors (Lipinski definition) is 4. The molecule has 0 aromatic rings. The summed E-state index contributed by atoms with van der Waals surface area (Å²) in [4.78, 5) is 27.8. The molecule has 0 aromatic carbocycles. The van der Waals surface area contributed by atoms with Crippen molar-refractivity contribution < 1.29 is 32.6 Å². The molecule has 4 rings (SSSR count). The first-order valence-electron chi connectivity index (χ1n) is 9.30. The monoisotopic (exact) mass is 390 g/mol. The summed E-state index contributed by atoms with van der Waals surface area (Å²) >= 11 is 0. The summed E-state index contributed by atoms with van der Waals surface area (Å²) in [6.07, 6.45) is -6.51. The highest BCUT2D eigenvalue weighted by Gasteiger charge is 2.90. The number of ether oxygens (including phenoxy) is 1. The van der Waals surface area contributed by atoms with Gasteiger partial charge in [-0.3, -0.25) is 9.69 Å². The van der Waals surface area contributed by atoms with E-state index in [4.69, 9.17) is 4.74 Å². The highest BCUT2D eigenvalue weighted by atomic mass is 19.4. The molecule has 9 heteroatoms. The van der Waals surface area contributed by atoms with E-state index in [9.17, 15) is 27.9 Å². The van der Waals surface area contributed by atoms with Crippen molar-refractivity contribution in [3.63, 3.8) is 0 Å². The Kier molecular flexibility index (Phi) is 3.56. The van der Waals surface area contributed by atoms with Gasteiger partial charge in [0.05, 0.1) is 17.1 Å². The van der Waals surface area contributed by atoms with E-state index >= 15 is 0 Å². The molecule has 4 aliphatic rings. The molecule has 6 nitrogen and oxygen atoms in total. The van der Waals surface area contributed by atoms with Crippen LogP contribution in [0.4, 0.5) is 18.0 Å². The van der Waals surface area contributed by atoms with E-state index in [0.717, 1.165) is 0 Å². The number of aliphatic hydroxyl groups excluding tert-OH is 1. The Morgan fingerprint density at radius 3 is 2.44 bits per heavy atom. The van der Waals surface area contributed by atoms with Crippen molar-refractivity contribution in [2.75, 3.05) is 6.54 Å². The van der Waals surface area contributed by atoms with E-state index in [1.165, 1.54) is 4.90 Å². The average Bonchev–Trinajstić information content (AvgIpc) is 3.05. The van der Waals surface area contributed by atoms with Crippen LogP contribution in [0.25, 0.3) is 0 Å². The molecule has 3 unspecified atom stereocenters. The van der Waals surface area contributed by atoms with Crippen molar-refractivity contribution in [3.8, 4) is 0 Å². The van der Waals surface area contributed by atoms with E-state index in [2.05, 4.69) is 0 Å². The molecular weight excluding hydrogens is 365 g/mol. The number of likely N-dealkylation sites (tertiary alicyclic amines) is 2. The smallest absolute Gasteiger partial charge is 0.411 e. The number of piperidine rings is 2. The maximum absolute atomic E-state index is 12.7. The summed E-state index contributed by atoms with van der Waals surface area (Å²) in [6.45, 7) is 7.34. The van der Waals surface area contributed by atoms with Gasteiger partial charge in [0.15, 0.2) is 0 Å². The highest BCUT2D eigenvalue weighted by molar-refractivity contribution is 5.81. The highest BCUT2D eigenvalue weighted by Crippen LogP contribution is 2.74. The third-order valence-electron chi connectivity index (χ3n) is 6.89. The zero-order chi connectivity index (χ0) is 20.2. The van der Waals surface area contributed by atoms with E-state index in [0.29, 0.717) is 12.8 Å². The number of rotatable bonds is 1. The Labute approximate surface area is 155 Å². The zero-order valence-electron chi connectivity index (χ0n) is 15.8. The fourth-order valence-corrected chi connectivity index (χ4v) is 6.12. The van der Waals surface area contributed by atoms with Crippen molar-refractivity contribution in [3.05, 3.63) is 0 Å². The van der Waals surface area contributed by atoms with Crippen molar-refractivity contribution in [1.29, 1.82) is 0 Å². The van der Waals surface area contributed by atoms with Crippen LogP contribution in [0.3, 0.4) is 0 Å². The van der Waals surface area contributed by atoms with Crippen LogP contribution in [0.15, 0.2) is 0 Å². The van der Waals surface area contributed by atoms with Crippen molar-refractivity contribution in [1.82, 2.24) is 9.80 Å². The fourth-order valence-electron chi connectivity index (χ4n) is 6.12. The first-order chi connectivity index (χ1) is 12.2. The molecule has 152 valence electrons. The predicted octanol–water partition coefficient (Wildman–Crippen LogP) is 2.30. The lowest BCUT2D eigenvalue weighted by molar-refractivity contribution is -0.168. The van der Waals surface area contributed by atoms with Gasteiger partial charge in [0.25, 0.3) is 0 Å². The number of halogens is 3. The molecule has 2 saturated carbocycles. The van der Waals surface area contributed by atoms with Crippen LogP contribution in [0, 0.1) is 11.8 Å². The molecule has 0 spiro atoms. The first kappa shape index (κ1) is 18.8. The van der Waals surface area contributed by atoms with Gasteiger partial charge in [-0.05, 0) is 46.5 Å². The lowest BCUT2D eigenvalue weighted by Gasteiger charge is -2.45. The zero-order valence-corrected chi connectivity index (χ0v) is 15.8. The van der Waals surface area contributed by atoms with Crippen LogP contribution in [0.5, 0.6) is 0 Å². The molecule has 0 aromatic heterocycles. The second-order valence-electron chi connectivity index (χ2n) is 9.57. The third kappa shape index (κ3) is 2.36. The summed E-state index contributed by atoms with van der Waals surface area (Å²) in [5, 5.41) is 11.1. The third-order valence-corrected chi connectivity index (χ3v) is 6.89. The number of aliphatic hydroxyl groups is 1.